The van der Waals surface area contributed by atoms with Crippen LogP contribution in [0, 0.1) is 11.7 Å². The Labute approximate surface area is 95.7 Å². The van der Waals surface area contributed by atoms with Crippen molar-refractivity contribution >= 4 is 0 Å². The fourth-order valence-electron chi connectivity index (χ4n) is 1.51. The topological polar surface area (TPSA) is 45.1 Å². The molecule has 1 rings (SSSR count). The molecule has 0 aliphatic heterocycles. The zero-order valence-electron chi connectivity index (χ0n) is 9.94. The highest BCUT2D eigenvalue weighted by Crippen LogP contribution is 2.12. The number of aromatic nitrogens is 1. The standard InChI is InChI=1S/C12H19FN2O/c1-8(2)12(7-16)15-9(3)11-5-4-10(13)6-14-11/h4-6,8-9,12,15-16H,7H2,1-3H3. The van der Waals surface area contributed by atoms with E-state index in [1.165, 1.54) is 12.3 Å². The Morgan fingerprint density at radius 1 is 1.38 bits per heavy atom. The first-order valence-electron chi connectivity index (χ1n) is 5.53. The number of nitrogens with zero attached hydrogens (tertiary/aromatic N) is 1. The minimum Gasteiger partial charge on any atom is -0.395 e. The van der Waals surface area contributed by atoms with E-state index in [1.54, 1.807) is 6.07 Å². The maximum absolute atomic E-state index is 12.7. The quantitative estimate of drug-likeness (QED) is 0.806. The fourth-order valence-corrected chi connectivity index (χ4v) is 1.51. The van der Waals surface area contributed by atoms with Crippen molar-refractivity contribution in [2.24, 2.45) is 5.92 Å². The zero-order chi connectivity index (χ0) is 12.1. The molecular weight excluding hydrogens is 207 g/mol. The maximum atomic E-state index is 12.7. The first kappa shape index (κ1) is 13.1. The van der Waals surface area contributed by atoms with Crippen molar-refractivity contribution in [2.45, 2.75) is 32.9 Å². The molecule has 2 N–H and O–H groups in total. The molecule has 0 saturated carbocycles. The molecule has 3 nitrogen and oxygen atoms in total. The van der Waals surface area contributed by atoms with Crippen LogP contribution in [0.3, 0.4) is 0 Å². The summed E-state index contributed by atoms with van der Waals surface area (Å²) in [6.07, 6.45) is 1.21. The van der Waals surface area contributed by atoms with Gasteiger partial charge in [-0.1, -0.05) is 13.8 Å². The second-order valence-corrected chi connectivity index (χ2v) is 4.32. The van der Waals surface area contributed by atoms with Crippen LogP contribution in [0.25, 0.3) is 0 Å². The summed E-state index contributed by atoms with van der Waals surface area (Å²) in [4.78, 5) is 4.01. The smallest absolute Gasteiger partial charge is 0.141 e. The van der Waals surface area contributed by atoms with Gasteiger partial charge in [-0.15, -0.1) is 0 Å². The summed E-state index contributed by atoms with van der Waals surface area (Å²) in [7, 11) is 0. The molecule has 0 fully saturated rings. The molecule has 2 atom stereocenters. The third kappa shape index (κ3) is 3.54. The number of hydrogen-bond acceptors (Lipinski definition) is 3. The minimum absolute atomic E-state index is 0.000139. The monoisotopic (exact) mass is 226 g/mol. The summed E-state index contributed by atoms with van der Waals surface area (Å²) < 4.78 is 12.7. The lowest BCUT2D eigenvalue weighted by atomic mass is 10.0. The van der Waals surface area contributed by atoms with Crippen molar-refractivity contribution in [1.29, 1.82) is 0 Å². The normalized spacial score (nSPS) is 15.1. The molecule has 0 saturated heterocycles. The first-order chi connectivity index (χ1) is 7.54. The van der Waals surface area contributed by atoms with Crippen molar-refractivity contribution in [3.8, 4) is 0 Å². The van der Waals surface area contributed by atoms with Gasteiger partial charge >= 0.3 is 0 Å². The Hall–Kier alpha value is -1.00. The number of aliphatic hydroxyl groups excluding tert-OH is 1. The number of hydrogen-bond donors (Lipinski definition) is 2. The van der Waals surface area contributed by atoms with Crippen molar-refractivity contribution in [3.05, 3.63) is 29.8 Å². The summed E-state index contributed by atoms with van der Waals surface area (Å²) >= 11 is 0. The van der Waals surface area contributed by atoms with Gasteiger partial charge in [-0.05, 0) is 25.0 Å². The number of pyridine rings is 1. The molecule has 1 aromatic heterocycles. The summed E-state index contributed by atoms with van der Waals surface area (Å²) in [5, 5.41) is 12.5. The molecular formula is C12H19FN2O. The second-order valence-electron chi connectivity index (χ2n) is 4.32. The lowest BCUT2D eigenvalue weighted by Crippen LogP contribution is -2.38. The van der Waals surface area contributed by atoms with E-state index < -0.39 is 0 Å². The van der Waals surface area contributed by atoms with Crippen LogP contribution in [0.4, 0.5) is 4.39 Å². The highest BCUT2D eigenvalue weighted by molar-refractivity contribution is 5.09. The molecule has 1 heterocycles. The molecule has 1 aromatic rings. The lowest BCUT2D eigenvalue weighted by molar-refractivity contribution is 0.201. The van der Waals surface area contributed by atoms with Gasteiger partial charge in [-0.3, -0.25) is 4.98 Å². The molecule has 16 heavy (non-hydrogen) atoms. The minimum atomic E-state index is -0.335. The fraction of sp³-hybridized carbons (Fsp3) is 0.583. The van der Waals surface area contributed by atoms with Crippen LogP contribution in [-0.4, -0.2) is 22.7 Å². The predicted octanol–water partition coefficient (Wildman–Crippen LogP) is 1.89. The number of rotatable bonds is 5. The van der Waals surface area contributed by atoms with Crippen LogP contribution in [-0.2, 0) is 0 Å². The third-order valence-corrected chi connectivity index (χ3v) is 2.66. The molecule has 0 aliphatic carbocycles. The van der Waals surface area contributed by atoms with Crippen LogP contribution < -0.4 is 5.32 Å². The van der Waals surface area contributed by atoms with E-state index in [-0.39, 0.29) is 24.5 Å². The number of nitrogens with one attached hydrogen (secondary N) is 1. The lowest BCUT2D eigenvalue weighted by Gasteiger charge is -2.24. The van der Waals surface area contributed by atoms with E-state index in [2.05, 4.69) is 10.3 Å². The predicted molar refractivity (Wildman–Crippen MR) is 61.5 cm³/mol. The SMILES string of the molecule is CC(NC(CO)C(C)C)c1ccc(F)cn1. The van der Waals surface area contributed by atoms with Gasteiger partial charge in [-0.25, -0.2) is 4.39 Å². The largest absolute Gasteiger partial charge is 0.395 e. The average Bonchev–Trinajstić information content (AvgIpc) is 2.26. The summed E-state index contributed by atoms with van der Waals surface area (Å²) in [6.45, 7) is 6.12. The van der Waals surface area contributed by atoms with Crippen LogP contribution in [0.15, 0.2) is 18.3 Å². The number of aliphatic hydroxyl groups is 1. The molecule has 2 unspecified atom stereocenters. The molecule has 0 bridgehead atoms. The number of halogens is 1. The van der Waals surface area contributed by atoms with Crippen LogP contribution >= 0.6 is 0 Å². The average molecular weight is 226 g/mol. The van der Waals surface area contributed by atoms with Gasteiger partial charge in [0, 0.05) is 12.1 Å². The van der Waals surface area contributed by atoms with Crippen molar-refractivity contribution < 1.29 is 9.50 Å². The van der Waals surface area contributed by atoms with Gasteiger partial charge in [0.1, 0.15) is 5.82 Å². The molecule has 0 spiro atoms. The van der Waals surface area contributed by atoms with Crippen molar-refractivity contribution in [3.63, 3.8) is 0 Å². The summed E-state index contributed by atoms with van der Waals surface area (Å²) in [5.74, 6) is 0.00594. The summed E-state index contributed by atoms with van der Waals surface area (Å²) in [5.41, 5.74) is 0.778. The maximum Gasteiger partial charge on any atom is 0.141 e. The highest BCUT2D eigenvalue weighted by Gasteiger charge is 2.16. The molecule has 0 radical (unpaired) electrons. The molecule has 90 valence electrons. The Balaban J connectivity index is 2.64. The Morgan fingerprint density at radius 2 is 2.06 bits per heavy atom. The van der Waals surface area contributed by atoms with Gasteiger partial charge in [0.2, 0.25) is 0 Å². The van der Waals surface area contributed by atoms with E-state index >= 15 is 0 Å². The van der Waals surface area contributed by atoms with Gasteiger partial charge in [-0.2, -0.15) is 0 Å². The molecule has 4 heteroatoms. The molecule has 0 amide bonds. The molecule has 0 aromatic carbocycles. The molecule has 0 aliphatic rings. The van der Waals surface area contributed by atoms with E-state index in [0.717, 1.165) is 5.69 Å². The first-order valence-corrected chi connectivity index (χ1v) is 5.53. The Kier molecular flexibility index (Phi) is 4.83. The Morgan fingerprint density at radius 3 is 2.50 bits per heavy atom. The van der Waals surface area contributed by atoms with Gasteiger partial charge in [0.15, 0.2) is 0 Å². The second kappa shape index (κ2) is 5.92. The van der Waals surface area contributed by atoms with Gasteiger partial charge < -0.3 is 10.4 Å². The third-order valence-electron chi connectivity index (χ3n) is 2.66. The van der Waals surface area contributed by atoms with E-state index in [0.29, 0.717) is 5.92 Å². The van der Waals surface area contributed by atoms with E-state index in [1.807, 2.05) is 20.8 Å². The van der Waals surface area contributed by atoms with Crippen LogP contribution in [0.1, 0.15) is 32.5 Å². The van der Waals surface area contributed by atoms with Gasteiger partial charge in [0.05, 0.1) is 18.5 Å². The summed E-state index contributed by atoms with van der Waals surface area (Å²) in [6, 6.07) is 3.08. The van der Waals surface area contributed by atoms with Crippen LogP contribution in [0.2, 0.25) is 0 Å². The Bertz CT molecular complexity index is 313. The van der Waals surface area contributed by atoms with E-state index in [9.17, 15) is 9.50 Å². The van der Waals surface area contributed by atoms with E-state index in [4.69, 9.17) is 0 Å². The highest BCUT2D eigenvalue weighted by atomic mass is 19.1. The van der Waals surface area contributed by atoms with Crippen molar-refractivity contribution in [1.82, 2.24) is 10.3 Å². The van der Waals surface area contributed by atoms with Gasteiger partial charge in [0.25, 0.3) is 0 Å². The van der Waals surface area contributed by atoms with Crippen molar-refractivity contribution in [2.75, 3.05) is 6.61 Å². The van der Waals surface area contributed by atoms with Crippen LogP contribution in [0.5, 0.6) is 0 Å². The zero-order valence-corrected chi connectivity index (χ0v) is 9.94.